The third-order valence-corrected chi connectivity index (χ3v) is 9.20. The maximum atomic E-state index is 13.6. The van der Waals surface area contributed by atoms with Crippen molar-refractivity contribution in [3.8, 4) is 5.75 Å². The highest BCUT2D eigenvalue weighted by Gasteiger charge is 2.36. The molecular formula is C33H49N7O4S. The summed E-state index contributed by atoms with van der Waals surface area (Å²) < 4.78 is 32.3. The lowest BCUT2D eigenvalue weighted by molar-refractivity contribution is 0.102. The van der Waals surface area contributed by atoms with Crippen molar-refractivity contribution < 1.29 is 17.9 Å². The largest absolute Gasteiger partial charge is 0.492 e. The van der Waals surface area contributed by atoms with Crippen LogP contribution in [-0.4, -0.2) is 51.0 Å². The molecule has 45 heavy (non-hydrogen) atoms. The quantitative estimate of drug-likeness (QED) is 0.198. The highest BCUT2D eigenvalue weighted by atomic mass is 32.2. The van der Waals surface area contributed by atoms with Crippen LogP contribution in [-0.2, 0) is 15.4 Å². The molecule has 2 aromatic carbocycles. The van der Waals surface area contributed by atoms with Gasteiger partial charge < -0.3 is 15.8 Å². The molecule has 12 heteroatoms. The molecule has 2 aromatic rings. The molecule has 6 N–H and O–H groups in total. The molecule has 2 unspecified atom stereocenters. The number of amides is 1. The van der Waals surface area contributed by atoms with Gasteiger partial charge in [-0.3, -0.25) is 19.5 Å². The lowest BCUT2D eigenvalue weighted by Gasteiger charge is -2.36. The maximum absolute atomic E-state index is 13.6. The second-order valence-electron chi connectivity index (χ2n) is 13.2. The van der Waals surface area contributed by atoms with Crippen molar-refractivity contribution in [2.24, 2.45) is 22.6 Å². The second-order valence-corrected chi connectivity index (χ2v) is 14.9. The third-order valence-electron chi connectivity index (χ3n) is 8.61. The summed E-state index contributed by atoms with van der Waals surface area (Å²) in [5, 5.41) is 11.4. The number of anilines is 3. The molecule has 0 spiro atoms. The molecule has 2 aliphatic rings. The molecule has 0 aromatic heterocycles. The van der Waals surface area contributed by atoms with E-state index in [4.69, 9.17) is 21.4 Å². The predicted octanol–water partition coefficient (Wildman–Crippen LogP) is 5.43. The van der Waals surface area contributed by atoms with Gasteiger partial charge in [0, 0.05) is 29.7 Å². The fourth-order valence-electron chi connectivity index (χ4n) is 6.15. The number of hydrogen-bond donors (Lipinski definition) is 4. The van der Waals surface area contributed by atoms with E-state index in [0.717, 1.165) is 36.6 Å². The van der Waals surface area contributed by atoms with E-state index in [2.05, 4.69) is 22.0 Å². The highest BCUT2D eigenvalue weighted by molar-refractivity contribution is 7.92. The van der Waals surface area contributed by atoms with Crippen LogP contribution in [0.25, 0.3) is 0 Å². The molecule has 1 aliphatic heterocycles. The van der Waals surface area contributed by atoms with E-state index in [1.807, 2.05) is 40.0 Å². The van der Waals surface area contributed by atoms with Crippen molar-refractivity contribution in [2.75, 3.05) is 28.4 Å². The van der Waals surface area contributed by atoms with E-state index in [1.54, 1.807) is 30.5 Å². The molecule has 0 saturated heterocycles. The first-order valence-electron chi connectivity index (χ1n) is 15.6. The summed E-state index contributed by atoms with van der Waals surface area (Å²) in [5.41, 5.74) is 10.1. The van der Waals surface area contributed by atoms with Gasteiger partial charge in [0.2, 0.25) is 10.0 Å². The molecule has 246 valence electrons. The van der Waals surface area contributed by atoms with E-state index in [1.165, 1.54) is 31.4 Å². The van der Waals surface area contributed by atoms with Gasteiger partial charge in [-0.15, -0.1) is 0 Å². The average molecular weight is 640 g/mol. The topological polar surface area (TPSA) is 155 Å². The zero-order valence-electron chi connectivity index (χ0n) is 27.6. The number of nitrogens with two attached hydrogens (primary N) is 2. The molecule has 1 fully saturated rings. The van der Waals surface area contributed by atoms with Crippen molar-refractivity contribution in [3.05, 3.63) is 58.9 Å². The van der Waals surface area contributed by atoms with Gasteiger partial charge in [0.05, 0.1) is 42.4 Å². The number of carbonyl (C=O) groups excluding carboxylic acids is 1. The highest BCUT2D eigenvalue weighted by Crippen LogP contribution is 2.39. The number of aryl methyl sites for hydroxylation is 1. The van der Waals surface area contributed by atoms with Crippen LogP contribution in [0.3, 0.4) is 0 Å². The third kappa shape index (κ3) is 8.09. The second kappa shape index (κ2) is 13.7. The van der Waals surface area contributed by atoms with Crippen molar-refractivity contribution in [3.63, 3.8) is 0 Å². The Morgan fingerprint density at radius 2 is 1.82 bits per heavy atom. The number of nitrogens with one attached hydrogen (secondary N) is 2. The Kier molecular flexibility index (Phi) is 10.4. The minimum atomic E-state index is -3.61. The normalized spacial score (nSPS) is 19.5. The minimum Gasteiger partial charge on any atom is -0.492 e. The average Bonchev–Trinajstić information content (AvgIpc) is 3.41. The number of rotatable bonds is 10. The summed E-state index contributed by atoms with van der Waals surface area (Å²) in [6.45, 7) is 10.1. The number of benzene rings is 2. The Hall–Kier alpha value is -3.77. The van der Waals surface area contributed by atoms with Gasteiger partial charge in [-0.1, -0.05) is 53.0 Å². The van der Waals surface area contributed by atoms with Gasteiger partial charge in [-0.25, -0.2) is 14.3 Å². The molecule has 2 atom stereocenters. The van der Waals surface area contributed by atoms with Crippen LogP contribution < -0.4 is 31.4 Å². The maximum Gasteiger partial charge on any atom is 0.255 e. The summed E-state index contributed by atoms with van der Waals surface area (Å²) in [7, 11) is -2.18. The predicted molar refractivity (Wildman–Crippen MR) is 183 cm³/mol. The van der Waals surface area contributed by atoms with Gasteiger partial charge in [0.15, 0.2) is 5.75 Å². The molecule has 1 aliphatic carbocycles. The summed E-state index contributed by atoms with van der Waals surface area (Å²) in [6.07, 6.45) is 11.7. The Bertz CT molecular complexity index is 1560. The smallest absolute Gasteiger partial charge is 0.255 e. The van der Waals surface area contributed by atoms with Crippen LogP contribution in [0.15, 0.2) is 47.3 Å². The van der Waals surface area contributed by atoms with E-state index in [0.29, 0.717) is 28.7 Å². The van der Waals surface area contributed by atoms with Gasteiger partial charge in [0.25, 0.3) is 5.91 Å². The first-order chi connectivity index (χ1) is 21.1. The van der Waals surface area contributed by atoms with Crippen molar-refractivity contribution in [1.29, 1.82) is 0 Å². The lowest BCUT2D eigenvalue weighted by Crippen LogP contribution is -2.42. The first-order valence-corrected chi connectivity index (χ1v) is 17.5. The Balaban J connectivity index is 1.59. The van der Waals surface area contributed by atoms with Crippen molar-refractivity contribution >= 4 is 39.2 Å². The number of ether oxygens (including phenoxy) is 1. The zero-order valence-corrected chi connectivity index (χ0v) is 28.4. The fraction of sp³-hybridized carbons (Fsp3) is 0.515. The molecule has 4 rings (SSSR count). The Labute approximate surface area is 268 Å². The van der Waals surface area contributed by atoms with Crippen LogP contribution in [0.2, 0.25) is 0 Å². The number of sulfonamides is 1. The molecule has 0 radical (unpaired) electrons. The standard InChI is InChI=1S/C33H49N7O4S/c1-8-29-25(19-36-40(29)24-12-10-9-11-13-24)26(34)20-39(35)30-16-22(15-14-21(30)2)32(41)37-27-17-23(33(3,4)5)18-28(31(27)44-6)38-45(7,42)43/h14-20,24-25,29,38H,8-13,34-35H2,1-7H3,(H,37,41)/b26-20-. The summed E-state index contributed by atoms with van der Waals surface area (Å²) in [4.78, 5) is 13.6. The zero-order chi connectivity index (χ0) is 33.1. The molecule has 0 bridgehead atoms. The van der Waals surface area contributed by atoms with Gasteiger partial charge in [-0.2, -0.15) is 5.10 Å². The van der Waals surface area contributed by atoms with Crippen LogP contribution in [0.5, 0.6) is 5.75 Å². The van der Waals surface area contributed by atoms with Crippen molar-refractivity contribution in [2.45, 2.75) is 90.6 Å². The molecule has 11 nitrogen and oxygen atoms in total. The number of hydrogen-bond acceptors (Lipinski definition) is 9. The summed E-state index contributed by atoms with van der Waals surface area (Å²) in [5.74, 6) is 6.28. The molecule has 1 saturated carbocycles. The number of methoxy groups -OCH3 is 1. The van der Waals surface area contributed by atoms with Gasteiger partial charge in [0.1, 0.15) is 0 Å². The number of hydrazone groups is 1. The monoisotopic (exact) mass is 639 g/mol. The Morgan fingerprint density at radius 3 is 2.42 bits per heavy atom. The molecule has 1 heterocycles. The Morgan fingerprint density at radius 1 is 1.16 bits per heavy atom. The number of hydrazine groups is 1. The van der Waals surface area contributed by atoms with E-state index >= 15 is 0 Å². The summed E-state index contributed by atoms with van der Waals surface area (Å²) >= 11 is 0. The van der Waals surface area contributed by atoms with Crippen LogP contribution in [0.1, 0.15) is 87.7 Å². The molecular weight excluding hydrogens is 590 g/mol. The van der Waals surface area contributed by atoms with E-state index in [9.17, 15) is 13.2 Å². The van der Waals surface area contributed by atoms with E-state index < -0.39 is 15.9 Å². The SMILES string of the molecule is CCC1C(/C(N)=C/N(N)c2cc(C(=O)Nc3cc(C(C)(C)C)cc(NS(C)(=O)=O)c3OC)ccc2C)C=NN1C1CCCCC1. The van der Waals surface area contributed by atoms with Crippen LogP contribution >= 0.6 is 0 Å². The van der Waals surface area contributed by atoms with Gasteiger partial charge >= 0.3 is 0 Å². The fourth-order valence-corrected chi connectivity index (χ4v) is 6.70. The molecule has 1 amide bonds. The van der Waals surface area contributed by atoms with Crippen LogP contribution in [0, 0.1) is 12.8 Å². The lowest BCUT2D eigenvalue weighted by atomic mass is 9.86. The van der Waals surface area contributed by atoms with Crippen molar-refractivity contribution in [1.82, 2.24) is 5.01 Å². The van der Waals surface area contributed by atoms with Crippen LogP contribution in [0.4, 0.5) is 17.1 Å². The minimum absolute atomic E-state index is 0.0629. The first kappa shape index (κ1) is 34.1. The van der Waals surface area contributed by atoms with Gasteiger partial charge in [-0.05, 0) is 67.0 Å². The number of nitrogens with zero attached hydrogens (tertiary/aromatic N) is 3. The summed E-state index contributed by atoms with van der Waals surface area (Å²) in [6, 6.07) is 9.38. The number of carbonyl (C=O) groups is 1. The van der Waals surface area contributed by atoms with E-state index in [-0.39, 0.29) is 28.8 Å².